The Hall–Kier alpha value is -0.0400. The highest BCUT2D eigenvalue weighted by Crippen LogP contribution is 2.26. The summed E-state index contributed by atoms with van der Waals surface area (Å²) in [5.41, 5.74) is 0. The molecule has 0 amide bonds. The van der Waals surface area contributed by atoms with Crippen LogP contribution in [0.25, 0.3) is 0 Å². The third-order valence-corrected chi connectivity index (χ3v) is 2.78. The number of epoxide rings is 1. The number of ether oxygens (including phenoxy) is 1. The average molecular weight is 183 g/mol. The molecule has 13 heavy (non-hydrogen) atoms. The van der Waals surface area contributed by atoms with Gasteiger partial charge in [0.1, 0.15) is 0 Å². The van der Waals surface area contributed by atoms with Crippen LogP contribution in [-0.4, -0.2) is 12.2 Å². The van der Waals surface area contributed by atoms with E-state index in [1.165, 1.54) is 51.4 Å². The van der Waals surface area contributed by atoms with Crippen LogP contribution in [0.5, 0.6) is 0 Å². The minimum absolute atomic E-state index is 0.320. The maximum absolute atomic E-state index is 5.25. The molecule has 1 fully saturated rings. The fourth-order valence-corrected chi connectivity index (χ4v) is 1.74. The van der Waals surface area contributed by atoms with Gasteiger partial charge in [-0.15, -0.1) is 0 Å². The zero-order valence-corrected chi connectivity index (χ0v) is 8.93. The van der Waals surface area contributed by atoms with Crippen LogP contribution in [0.1, 0.15) is 58.3 Å². The Morgan fingerprint density at radius 2 is 1.54 bits per heavy atom. The molecule has 1 nitrogen and oxygen atoms in total. The third-order valence-electron chi connectivity index (χ3n) is 2.78. The summed E-state index contributed by atoms with van der Waals surface area (Å²) in [6, 6.07) is 0. The van der Waals surface area contributed by atoms with Gasteiger partial charge in [0.15, 0.2) is 0 Å². The second-order valence-electron chi connectivity index (χ2n) is 4.12. The van der Waals surface area contributed by atoms with Gasteiger partial charge in [0, 0.05) is 0 Å². The first-order valence-electron chi connectivity index (χ1n) is 5.83. The summed E-state index contributed by atoms with van der Waals surface area (Å²) >= 11 is 0. The van der Waals surface area contributed by atoms with Crippen LogP contribution in [-0.2, 0) is 4.74 Å². The van der Waals surface area contributed by atoms with Gasteiger partial charge >= 0.3 is 0 Å². The predicted molar refractivity (Wildman–Crippen MR) is 56.6 cm³/mol. The molecule has 2 atom stereocenters. The minimum Gasteiger partial charge on any atom is -0.370 e. The molecule has 1 radical (unpaired) electrons. The van der Waals surface area contributed by atoms with Crippen LogP contribution in [0.2, 0.25) is 0 Å². The van der Waals surface area contributed by atoms with Crippen LogP contribution in [0, 0.1) is 6.92 Å². The van der Waals surface area contributed by atoms with Crippen LogP contribution in [0.4, 0.5) is 0 Å². The van der Waals surface area contributed by atoms with E-state index in [0.29, 0.717) is 12.2 Å². The Balaban J connectivity index is 1.69. The van der Waals surface area contributed by atoms with Gasteiger partial charge in [-0.25, -0.2) is 0 Å². The summed E-state index contributed by atoms with van der Waals surface area (Å²) in [6.45, 7) is 6.11. The van der Waals surface area contributed by atoms with Crippen LogP contribution < -0.4 is 0 Å². The van der Waals surface area contributed by atoms with Gasteiger partial charge < -0.3 is 4.74 Å². The molecule has 1 aliphatic heterocycles. The molecule has 1 heteroatoms. The molecule has 0 bridgehead atoms. The smallest absolute Gasteiger partial charge is 0.0842 e. The number of unbranched alkanes of at least 4 members (excludes halogenated alkanes) is 6. The summed E-state index contributed by atoms with van der Waals surface area (Å²) in [5.74, 6) is 0. The Bertz CT molecular complexity index is 122. The van der Waals surface area contributed by atoms with E-state index < -0.39 is 0 Å². The van der Waals surface area contributed by atoms with E-state index in [2.05, 4.69) is 13.8 Å². The highest BCUT2D eigenvalue weighted by Gasteiger charge is 2.32. The average Bonchev–Trinajstić information content (AvgIpc) is 2.81. The standard InChI is InChI=1S/C12H23O/c1-3-4-5-6-7-8-9-10-12-11(2)13-12/h11-12H,2-10H2,1H3. The van der Waals surface area contributed by atoms with Crippen molar-refractivity contribution in [2.75, 3.05) is 0 Å². The first-order valence-corrected chi connectivity index (χ1v) is 5.83. The quantitative estimate of drug-likeness (QED) is 0.412. The second kappa shape index (κ2) is 6.42. The molecular weight excluding hydrogens is 160 g/mol. The van der Waals surface area contributed by atoms with Crippen LogP contribution >= 0.6 is 0 Å². The summed E-state index contributed by atoms with van der Waals surface area (Å²) in [5, 5.41) is 0. The third kappa shape index (κ3) is 5.30. The molecule has 1 heterocycles. The first-order chi connectivity index (χ1) is 6.34. The summed E-state index contributed by atoms with van der Waals surface area (Å²) in [7, 11) is 0. The highest BCUT2D eigenvalue weighted by molar-refractivity contribution is 4.86. The van der Waals surface area contributed by atoms with E-state index in [1.54, 1.807) is 0 Å². The molecule has 0 aromatic carbocycles. The lowest BCUT2D eigenvalue weighted by Crippen LogP contribution is -1.89. The van der Waals surface area contributed by atoms with Crippen molar-refractivity contribution in [3.8, 4) is 0 Å². The molecule has 0 aromatic heterocycles. The topological polar surface area (TPSA) is 12.5 Å². The van der Waals surface area contributed by atoms with Crippen LogP contribution in [0.15, 0.2) is 0 Å². The molecule has 0 saturated carbocycles. The molecule has 0 aliphatic carbocycles. The van der Waals surface area contributed by atoms with Crippen LogP contribution in [0.3, 0.4) is 0 Å². The fraction of sp³-hybridized carbons (Fsp3) is 0.917. The number of hydrogen-bond donors (Lipinski definition) is 0. The zero-order chi connectivity index (χ0) is 9.52. The van der Waals surface area contributed by atoms with E-state index in [9.17, 15) is 0 Å². The predicted octanol–water partition coefficient (Wildman–Crippen LogP) is 3.73. The Labute approximate surface area is 82.9 Å². The van der Waals surface area contributed by atoms with Crippen molar-refractivity contribution in [1.82, 2.24) is 0 Å². The molecule has 77 valence electrons. The van der Waals surface area contributed by atoms with E-state index in [4.69, 9.17) is 4.74 Å². The first kappa shape index (κ1) is 11.0. The molecule has 1 saturated heterocycles. The zero-order valence-electron chi connectivity index (χ0n) is 8.93. The van der Waals surface area contributed by atoms with Gasteiger partial charge in [0.2, 0.25) is 0 Å². The number of hydrogen-bond acceptors (Lipinski definition) is 1. The number of rotatable bonds is 8. The van der Waals surface area contributed by atoms with Crippen molar-refractivity contribution in [1.29, 1.82) is 0 Å². The Kier molecular flexibility index (Phi) is 5.45. The highest BCUT2D eigenvalue weighted by atomic mass is 16.6. The van der Waals surface area contributed by atoms with Crippen molar-refractivity contribution < 1.29 is 4.74 Å². The maximum atomic E-state index is 5.25. The lowest BCUT2D eigenvalue weighted by Gasteiger charge is -1.99. The van der Waals surface area contributed by atoms with E-state index >= 15 is 0 Å². The summed E-state index contributed by atoms with van der Waals surface area (Å²) < 4.78 is 5.25. The summed E-state index contributed by atoms with van der Waals surface area (Å²) in [6.07, 6.45) is 11.8. The SMILES string of the molecule is [CH2]C1OC1CCCCCCCCC. The van der Waals surface area contributed by atoms with Gasteiger partial charge in [-0.1, -0.05) is 51.9 Å². The molecule has 0 aromatic rings. The van der Waals surface area contributed by atoms with E-state index in [0.717, 1.165) is 0 Å². The summed E-state index contributed by atoms with van der Waals surface area (Å²) in [4.78, 5) is 0. The van der Waals surface area contributed by atoms with Crippen molar-refractivity contribution in [2.24, 2.45) is 0 Å². The van der Waals surface area contributed by atoms with Gasteiger partial charge in [0.25, 0.3) is 0 Å². The van der Waals surface area contributed by atoms with Crippen molar-refractivity contribution >= 4 is 0 Å². The Morgan fingerprint density at radius 1 is 1.00 bits per heavy atom. The molecular formula is C12H23O. The minimum atomic E-state index is 0.320. The van der Waals surface area contributed by atoms with Gasteiger partial charge in [-0.2, -0.15) is 0 Å². The van der Waals surface area contributed by atoms with Gasteiger partial charge in [0.05, 0.1) is 12.2 Å². The van der Waals surface area contributed by atoms with Gasteiger partial charge in [-0.05, 0) is 13.3 Å². The molecule has 1 aliphatic rings. The Morgan fingerprint density at radius 3 is 2.08 bits per heavy atom. The normalized spacial score (nSPS) is 26.3. The van der Waals surface area contributed by atoms with E-state index in [1.807, 2.05) is 0 Å². The molecule has 0 spiro atoms. The van der Waals surface area contributed by atoms with E-state index in [-0.39, 0.29) is 0 Å². The maximum Gasteiger partial charge on any atom is 0.0842 e. The largest absolute Gasteiger partial charge is 0.370 e. The van der Waals surface area contributed by atoms with Crippen molar-refractivity contribution in [3.05, 3.63) is 6.92 Å². The lowest BCUT2D eigenvalue weighted by atomic mass is 10.1. The molecule has 1 rings (SSSR count). The second-order valence-corrected chi connectivity index (χ2v) is 4.12. The lowest BCUT2D eigenvalue weighted by molar-refractivity contribution is 0.372. The molecule has 2 unspecified atom stereocenters. The fourth-order valence-electron chi connectivity index (χ4n) is 1.74. The monoisotopic (exact) mass is 183 g/mol. The van der Waals surface area contributed by atoms with Crippen molar-refractivity contribution in [3.63, 3.8) is 0 Å². The van der Waals surface area contributed by atoms with Crippen molar-refractivity contribution in [2.45, 2.75) is 70.5 Å². The molecule has 0 N–H and O–H groups in total. The van der Waals surface area contributed by atoms with Gasteiger partial charge in [-0.3, -0.25) is 0 Å².